The lowest BCUT2D eigenvalue weighted by Gasteiger charge is -2.38. The summed E-state index contributed by atoms with van der Waals surface area (Å²) in [7, 11) is 0. The van der Waals surface area contributed by atoms with Gasteiger partial charge in [0.25, 0.3) is 0 Å². The first-order valence-electron chi connectivity index (χ1n) is 8.08. The van der Waals surface area contributed by atoms with E-state index in [0.29, 0.717) is 12.1 Å². The van der Waals surface area contributed by atoms with Crippen LogP contribution in [0.4, 0.5) is 0 Å². The SMILES string of the molecule is C=CCO/N=C(\C)C1=C(O)C(c2cccc(C)c2)C(C)(C)CC1=O. The Hall–Kier alpha value is -2.36. The first-order chi connectivity index (χ1) is 11.3. The van der Waals surface area contributed by atoms with Gasteiger partial charge in [0.05, 0.1) is 11.3 Å². The number of benzene rings is 1. The van der Waals surface area contributed by atoms with Gasteiger partial charge in [-0.05, 0) is 24.8 Å². The van der Waals surface area contributed by atoms with Crippen molar-refractivity contribution in [2.45, 2.75) is 40.0 Å². The molecule has 0 saturated carbocycles. The van der Waals surface area contributed by atoms with Crippen LogP contribution >= 0.6 is 0 Å². The summed E-state index contributed by atoms with van der Waals surface area (Å²) < 4.78 is 0. The maximum absolute atomic E-state index is 12.6. The zero-order valence-corrected chi connectivity index (χ0v) is 14.8. The third-order valence-electron chi connectivity index (χ3n) is 4.34. The van der Waals surface area contributed by atoms with Gasteiger partial charge in [0.2, 0.25) is 0 Å². The minimum Gasteiger partial charge on any atom is -0.511 e. The normalized spacial score (nSPS) is 20.9. The molecule has 1 aliphatic rings. The third kappa shape index (κ3) is 3.58. The van der Waals surface area contributed by atoms with Crippen LogP contribution in [0.1, 0.15) is 44.2 Å². The number of aliphatic hydroxyl groups excluding tert-OH is 1. The van der Waals surface area contributed by atoms with E-state index in [4.69, 9.17) is 4.84 Å². The quantitative estimate of drug-likeness (QED) is 0.376. The van der Waals surface area contributed by atoms with Crippen LogP contribution in [0.5, 0.6) is 0 Å². The maximum Gasteiger partial charge on any atom is 0.168 e. The molecule has 0 amide bonds. The van der Waals surface area contributed by atoms with Crippen molar-refractivity contribution in [3.63, 3.8) is 0 Å². The molecule has 1 aromatic carbocycles. The van der Waals surface area contributed by atoms with Crippen molar-refractivity contribution in [1.29, 1.82) is 0 Å². The highest BCUT2D eigenvalue weighted by atomic mass is 16.6. The average Bonchev–Trinajstić information content (AvgIpc) is 2.46. The van der Waals surface area contributed by atoms with E-state index in [0.717, 1.165) is 11.1 Å². The van der Waals surface area contributed by atoms with Gasteiger partial charge in [0.15, 0.2) is 5.78 Å². The van der Waals surface area contributed by atoms with Crippen molar-refractivity contribution in [2.75, 3.05) is 6.61 Å². The molecule has 0 radical (unpaired) electrons. The van der Waals surface area contributed by atoms with Crippen molar-refractivity contribution in [1.82, 2.24) is 0 Å². The van der Waals surface area contributed by atoms with Crippen LogP contribution in [0.25, 0.3) is 0 Å². The van der Waals surface area contributed by atoms with E-state index in [1.165, 1.54) is 0 Å². The summed E-state index contributed by atoms with van der Waals surface area (Å²) in [6.07, 6.45) is 1.92. The lowest BCUT2D eigenvalue weighted by atomic mass is 9.65. The molecule has 1 N–H and O–H groups in total. The fourth-order valence-electron chi connectivity index (χ4n) is 3.34. The Morgan fingerprint density at radius 1 is 1.50 bits per heavy atom. The summed E-state index contributed by atoms with van der Waals surface area (Å²) in [5, 5.41) is 14.8. The van der Waals surface area contributed by atoms with Crippen molar-refractivity contribution < 1.29 is 14.7 Å². The van der Waals surface area contributed by atoms with Gasteiger partial charge in [0.1, 0.15) is 12.4 Å². The highest BCUT2D eigenvalue weighted by Gasteiger charge is 2.43. The monoisotopic (exact) mass is 327 g/mol. The molecule has 2 rings (SSSR count). The van der Waals surface area contributed by atoms with Gasteiger partial charge in [-0.1, -0.05) is 61.5 Å². The molecular weight excluding hydrogens is 302 g/mol. The standard InChI is InChI=1S/C20H25NO3/c1-6-10-24-21-14(3)17-16(22)12-20(4,5)18(19(17)23)15-9-7-8-13(2)11-15/h6-9,11,18,23H,1,10,12H2,2-5H3/b21-14+. The number of rotatable bonds is 5. The summed E-state index contributed by atoms with van der Waals surface area (Å²) >= 11 is 0. The number of oxime groups is 1. The largest absolute Gasteiger partial charge is 0.511 e. The molecular formula is C20H25NO3. The number of ketones is 1. The van der Waals surface area contributed by atoms with Crippen LogP contribution in [0, 0.1) is 12.3 Å². The Balaban J connectivity index is 2.53. The van der Waals surface area contributed by atoms with Crippen molar-refractivity contribution in [3.8, 4) is 0 Å². The molecule has 4 heteroatoms. The molecule has 0 spiro atoms. The van der Waals surface area contributed by atoms with Gasteiger partial charge in [0, 0.05) is 12.3 Å². The second-order valence-electron chi connectivity index (χ2n) is 6.96. The molecule has 0 fully saturated rings. The zero-order valence-electron chi connectivity index (χ0n) is 14.8. The fraction of sp³-hybridized carbons (Fsp3) is 0.400. The first-order valence-corrected chi connectivity index (χ1v) is 8.08. The second kappa shape index (κ2) is 7.04. The number of carbonyl (C=O) groups excluding carboxylic acids is 1. The van der Waals surface area contributed by atoms with E-state index in [1.54, 1.807) is 13.0 Å². The molecule has 4 nitrogen and oxygen atoms in total. The molecule has 128 valence electrons. The van der Waals surface area contributed by atoms with Crippen LogP contribution in [-0.2, 0) is 9.63 Å². The van der Waals surface area contributed by atoms with Crippen LogP contribution in [0.3, 0.4) is 0 Å². The smallest absolute Gasteiger partial charge is 0.168 e. The summed E-state index contributed by atoms with van der Waals surface area (Å²) in [5.41, 5.74) is 2.41. The molecule has 24 heavy (non-hydrogen) atoms. The molecule has 0 saturated heterocycles. The van der Waals surface area contributed by atoms with E-state index in [1.807, 2.05) is 39.0 Å². The molecule has 1 unspecified atom stereocenters. The number of aryl methyl sites for hydroxylation is 1. The lowest BCUT2D eigenvalue weighted by molar-refractivity contribution is -0.118. The summed E-state index contributed by atoms with van der Waals surface area (Å²) in [4.78, 5) is 17.6. The number of hydrogen-bond donors (Lipinski definition) is 1. The van der Waals surface area contributed by atoms with Gasteiger partial charge in [-0.15, -0.1) is 0 Å². The summed E-state index contributed by atoms with van der Waals surface area (Å²) in [6, 6.07) is 8.03. The Labute approximate surface area is 143 Å². The van der Waals surface area contributed by atoms with Crippen molar-refractivity contribution in [3.05, 3.63) is 59.4 Å². The number of nitrogens with zero attached hydrogens (tertiary/aromatic N) is 1. The second-order valence-corrected chi connectivity index (χ2v) is 6.96. The summed E-state index contributed by atoms with van der Waals surface area (Å²) in [6.45, 7) is 11.5. The van der Waals surface area contributed by atoms with E-state index < -0.39 is 0 Å². The van der Waals surface area contributed by atoms with E-state index in [2.05, 4.69) is 17.8 Å². The molecule has 0 aliphatic heterocycles. The topological polar surface area (TPSA) is 58.9 Å². The minimum absolute atomic E-state index is 0.0744. The summed E-state index contributed by atoms with van der Waals surface area (Å²) in [5.74, 6) is -0.287. The maximum atomic E-state index is 12.6. The molecule has 1 aliphatic carbocycles. The molecule has 0 bridgehead atoms. The molecule has 1 atom stereocenters. The molecule has 0 aromatic heterocycles. The zero-order chi connectivity index (χ0) is 17.9. The average molecular weight is 327 g/mol. The van der Waals surface area contributed by atoms with Crippen molar-refractivity contribution >= 4 is 11.5 Å². The third-order valence-corrected chi connectivity index (χ3v) is 4.34. The van der Waals surface area contributed by atoms with Gasteiger partial charge in [-0.3, -0.25) is 4.79 Å². The predicted octanol–water partition coefficient (Wildman–Crippen LogP) is 4.47. The van der Waals surface area contributed by atoms with E-state index in [-0.39, 0.29) is 35.1 Å². The Kier molecular flexibility index (Phi) is 5.27. The highest BCUT2D eigenvalue weighted by molar-refractivity contribution is 6.22. The van der Waals surface area contributed by atoms with Crippen LogP contribution in [-0.4, -0.2) is 23.2 Å². The van der Waals surface area contributed by atoms with E-state index in [9.17, 15) is 9.90 Å². The molecule has 0 heterocycles. The number of carbonyl (C=O) groups is 1. The number of hydrogen-bond acceptors (Lipinski definition) is 4. The van der Waals surface area contributed by atoms with Crippen LogP contribution < -0.4 is 0 Å². The first kappa shape index (κ1) is 18.0. The lowest BCUT2D eigenvalue weighted by Crippen LogP contribution is -2.35. The molecule has 1 aromatic rings. The van der Waals surface area contributed by atoms with Gasteiger partial charge in [-0.2, -0.15) is 0 Å². The predicted molar refractivity (Wildman–Crippen MR) is 96.2 cm³/mol. The van der Waals surface area contributed by atoms with Gasteiger partial charge < -0.3 is 9.94 Å². The van der Waals surface area contributed by atoms with Crippen molar-refractivity contribution in [2.24, 2.45) is 10.6 Å². The van der Waals surface area contributed by atoms with Gasteiger partial charge in [-0.25, -0.2) is 0 Å². The Morgan fingerprint density at radius 3 is 2.83 bits per heavy atom. The highest BCUT2D eigenvalue weighted by Crippen LogP contribution is 2.47. The van der Waals surface area contributed by atoms with E-state index >= 15 is 0 Å². The Morgan fingerprint density at radius 2 is 2.21 bits per heavy atom. The number of aliphatic hydroxyl groups is 1. The van der Waals surface area contributed by atoms with Gasteiger partial charge >= 0.3 is 0 Å². The van der Waals surface area contributed by atoms with Crippen LogP contribution in [0.15, 0.2) is 53.4 Å². The number of Topliss-reactive ketones (excluding diaryl/α,β-unsaturated/α-hetero) is 1. The number of allylic oxidation sites excluding steroid dienone is 2. The minimum atomic E-state index is -0.374. The van der Waals surface area contributed by atoms with Crippen LogP contribution in [0.2, 0.25) is 0 Å². The fourth-order valence-corrected chi connectivity index (χ4v) is 3.34. The Bertz CT molecular complexity index is 713.